The molecular formula is C28H32N4O5S2. The molecule has 3 aromatic rings. The molecule has 206 valence electrons. The number of methoxy groups -OCH3 is 1. The Morgan fingerprint density at radius 3 is 2.49 bits per heavy atom. The molecule has 1 unspecified atom stereocenters. The highest BCUT2D eigenvalue weighted by atomic mass is 32.2. The number of aliphatic carboxylic acids is 1. The van der Waals surface area contributed by atoms with Crippen LogP contribution in [-0.2, 0) is 40.3 Å². The molecular weight excluding hydrogens is 536 g/mol. The third-order valence-electron chi connectivity index (χ3n) is 7.44. The number of ether oxygens (including phenoxy) is 1. The lowest BCUT2D eigenvalue weighted by Crippen LogP contribution is -2.47. The van der Waals surface area contributed by atoms with Gasteiger partial charge in [0.2, 0.25) is 10.8 Å². The third kappa shape index (κ3) is 5.97. The third-order valence-corrected chi connectivity index (χ3v) is 9.82. The highest BCUT2D eigenvalue weighted by Crippen LogP contribution is 2.40. The fraction of sp³-hybridized carbons (Fsp3) is 0.393. The zero-order valence-electron chi connectivity index (χ0n) is 22.0. The van der Waals surface area contributed by atoms with Crippen LogP contribution in [0.1, 0.15) is 22.6 Å². The summed E-state index contributed by atoms with van der Waals surface area (Å²) in [6.07, 6.45) is 0.586. The van der Waals surface area contributed by atoms with Crippen LogP contribution >= 0.6 is 11.3 Å². The minimum Gasteiger partial charge on any atom is -0.593 e. The van der Waals surface area contributed by atoms with E-state index < -0.39 is 22.7 Å². The number of nitrogens with one attached hydrogen (secondary N) is 1. The van der Waals surface area contributed by atoms with Crippen LogP contribution in [0.5, 0.6) is 5.75 Å². The molecule has 1 aliphatic carbocycles. The number of carboxylic acid groups (broad SMARTS) is 1. The van der Waals surface area contributed by atoms with E-state index in [0.717, 1.165) is 35.5 Å². The molecule has 39 heavy (non-hydrogen) atoms. The Bertz CT molecular complexity index is 1330. The number of hydrogen-bond acceptors (Lipinski definition) is 8. The Kier molecular flexibility index (Phi) is 8.24. The molecule has 1 aliphatic heterocycles. The topological polar surface area (TPSA) is 118 Å². The second kappa shape index (κ2) is 11.6. The monoisotopic (exact) mass is 568 g/mol. The van der Waals surface area contributed by atoms with Gasteiger partial charge in [-0.3, -0.25) is 9.59 Å². The number of thiazole rings is 1. The largest absolute Gasteiger partial charge is 0.593 e. The number of aromatic nitrogens is 1. The van der Waals surface area contributed by atoms with E-state index in [1.54, 1.807) is 7.11 Å². The fourth-order valence-electron chi connectivity index (χ4n) is 5.28. The van der Waals surface area contributed by atoms with E-state index >= 15 is 0 Å². The van der Waals surface area contributed by atoms with Gasteiger partial charge in [0.1, 0.15) is 5.01 Å². The van der Waals surface area contributed by atoms with Gasteiger partial charge < -0.3 is 24.6 Å². The lowest BCUT2D eigenvalue weighted by atomic mass is 9.80. The molecule has 9 nitrogen and oxygen atoms in total. The van der Waals surface area contributed by atoms with Gasteiger partial charge in [0.15, 0.2) is 5.75 Å². The van der Waals surface area contributed by atoms with Gasteiger partial charge in [-0.2, -0.15) is 0 Å². The summed E-state index contributed by atoms with van der Waals surface area (Å²) in [7, 11) is 3.63. The average Bonchev–Trinajstić information content (AvgIpc) is 3.56. The van der Waals surface area contributed by atoms with Crippen LogP contribution in [0.15, 0.2) is 52.7 Å². The molecule has 2 aliphatic rings. The van der Waals surface area contributed by atoms with E-state index in [9.17, 15) is 19.2 Å². The lowest BCUT2D eigenvalue weighted by Gasteiger charge is -2.32. The highest BCUT2D eigenvalue weighted by Gasteiger charge is 2.45. The number of benzene rings is 2. The number of carboxylic acids is 1. The predicted octanol–water partition coefficient (Wildman–Crippen LogP) is 2.96. The maximum absolute atomic E-state index is 13.4. The van der Waals surface area contributed by atoms with Crippen LogP contribution in [0.25, 0.3) is 11.3 Å². The Balaban J connectivity index is 1.29. The van der Waals surface area contributed by atoms with E-state index in [1.165, 1.54) is 11.3 Å². The molecule has 11 heteroatoms. The first kappa shape index (κ1) is 27.6. The number of piperazine rings is 1. The van der Waals surface area contributed by atoms with Gasteiger partial charge in [0.05, 0.1) is 55.6 Å². The van der Waals surface area contributed by atoms with E-state index in [1.807, 2.05) is 52.1 Å². The second-order valence-corrected chi connectivity index (χ2v) is 12.5. The van der Waals surface area contributed by atoms with Gasteiger partial charge in [-0.05, 0) is 43.1 Å². The number of carbonyl (C=O) groups is 2. The van der Waals surface area contributed by atoms with Crippen molar-refractivity contribution in [3.8, 4) is 17.0 Å². The van der Waals surface area contributed by atoms with Crippen molar-refractivity contribution in [3.63, 3.8) is 0 Å². The summed E-state index contributed by atoms with van der Waals surface area (Å²) in [5.74, 6) is -0.689. The lowest BCUT2D eigenvalue weighted by molar-refractivity contribution is -0.145. The fourth-order valence-corrected chi connectivity index (χ4v) is 7.35. The highest BCUT2D eigenvalue weighted by molar-refractivity contribution is 7.89. The van der Waals surface area contributed by atoms with Gasteiger partial charge in [0.25, 0.3) is 0 Å². The quantitative estimate of drug-likeness (QED) is 0.379. The van der Waals surface area contributed by atoms with Crippen molar-refractivity contribution in [3.05, 3.63) is 64.0 Å². The molecule has 2 aromatic carbocycles. The van der Waals surface area contributed by atoms with Gasteiger partial charge >= 0.3 is 5.97 Å². The van der Waals surface area contributed by atoms with Crippen LogP contribution in [0.3, 0.4) is 0 Å². The van der Waals surface area contributed by atoms with Crippen LogP contribution in [0.4, 0.5) is 0 Å². The molecule has 0 saturated carbocycles. The van der Waals surface area contributed by atoms with Crippen molar-refractivity contribution >= 4 is 34.6 Å². The van der Waals surface area contributed by atoms with Gasteiger partial charge in [0, 0.05) is 30.1 Å². The van der Waals surface area contributed by atoms with Crippen LogP contribution < -0.4 is 10.1 Å². The van der Waals surface area contributed by atoms with E-state index in [0.29, 0.717) is 41.6 Å². The average molecular weight is 569 g/mol. The molecule has 1 saturated heterocycles. The summed E-state index contributed by atoms with van der Waals surface area (Å²) < 4.78 is 20.9. The Hall–Kier alpha value is -2.96. The van der Waals surface area contributed by atoms with Crippen molar-refractivity contribution in [2.75, 3.05) is 40.3 Å². The maximum Gasteiger partial charge on any atom is 0.304 e. The number of fused-ring (bicyclic) bond motifs is 1. The van der Waals surface area contributed by atoms with E-state index in [4.69, 9.17) is 9.72 Å². The molecule has 0 spiro atoms. The maximum atomic E-state index is 13.4. The predicted molar refractivity (Wildman–Crippen MR) is 150 cm³/mol. The summed E-state index contributed by atoms with van der Waals surface area (Å²) in [6, 6.07) is 13.3. The Labute approximate surface area is 235 Å². The molecule has 2 N–H and O–H groups in total. The Morgan fingerprint density at radius 1 is 1.15 bits per heavy atom. The summed E-state index contributed by atoms with van der Waals surface area (Å²) in [4.78, 5) is 32.5. The molecule has 1 atom stereocenters. The van der Waals surface area contributed by atoms with Gasteiger partial charge in [-0.25, -0.2) is 4.98 Å². The van der Waals surface area contributed by atoms with Gasteiger partial charge in [-0.1, -0.05) is 24.3 Å². The zero-order valence-corrected chi connectivity index (χ0v) is 23.6. The van der Waals surface area contributed by atoms with Crippen molar-refractivity contribution in [2.24, 2.45) is 5.41 Å². The molecule has 2 heterocycles. The van der Waals surface area contributed by atoms with E-state index in [-0.39, 0.29) is 18.9 Å². The van der Waals surface area contributed by atoms with Crippen molar-refractivity contribution in [2.45, 2.75) is 30.7 Å². The molecule has 1 fully saturated rings. The minimum absolute atomic E-state index is 0.206. The number of amides is 1. The number of rotatable bonds is 9. The second-order valence-electron chi connectivity index (χ2n) is 10.1. The van der Waals surface area contributed by atoms with Crippen LogP contribution in [0.2, 0.25) is 0 Å². The summed E-state index contributed by atoms with van der Waals surface area (Å²) in [6.45, 7) is 3.35. The first-order valence-corrected chi connectivity index (χ1v) is 14.8. The molecule has 5 rings (SSSR count). The molecule has 1 amide bonds. The van der Waals surface area contributed by atoms with Crippen molar-refractivity contribution in [1.82, 2.24) is 19.5 Å². The van der Waals surface area contributed by atoms with Crippen molar-refractivity contribution in [1.29, 1.82) is 0 Å². The van der Waals surface area contributed by atoms with Crippen molar-refractivity contribution < 1.29 is 24.0 Å². The summed E-state index contributed by atoms with van der Waals surface area (Å²) in [5, 5.41) is 15.1. The smallest absolute Gasteiger partial charge is 0.304 e. The van der Waals surface area contributed by atoms with Crippen LogP contribution in [0, 0.1) is 5.41 Å². The SMILES string of the molecule is COc1ccc(-c2csc(CNC(=O)C3(CC(=O)O)Cc4ccccc4C3)n2)cc1[S+]([O-])N1CCN(C)CC1. The molecule has 1 aromatic heterocycles. The minimum atomic E-state index is -1.36. The number of nitrogens with zero attached hydrogens (tertiary/aromatic N) is 3. The first-order chi connectivity index (χ1) is 18.8. The summed E-state index contributed by atoms with van der Waals surface area (Å²) in [5.41, 5.74) is 2.57. The molecule has 0 bridgehead atoms. The summed E-state index contributed by atoms with van der Waals surface area (Å²) >= 11 is 0.0574. The first-order valence-electron chi connectivity index (χ1n) is 12.8. The van der Waals surface area contributed by atoms with Gasteiger partial charge in [-0.15, -0.1) is 15.6 Å². The normalized spacial score (nSPS) is 17.9. The Morgan fingerprint density at radius 2 is 1.85 bits per heavy atom. The van der Waals surface area contributed by atoms with E-state index in [2.05, 4.69) is 17.3 Å². The number of hydrogen-bond donors (Lipinski definition) is 2. The number of likely N-dealkylation sites (N-methyl/N-ethyl adjacent to an activating group) is 1. The zero-order chi connectivity index (χ0) is 27.6. The molecule has 0 radical (unpaired) electrons. The standard InChI is InChI=1S/C28H32N4O5S2/c1-31-9-11-32(12-10-31)39(36)24-13-19(7-8-23(24)37-2)22-18-38-25(30-22)17-29-27(35)28(16-26(33)34)14-20-5-3-4-6-21(20)15-28/h3-8,13,18H,9-12,14-17H2,1-2H3,(H,29,35)(H,33,34). The van der Waals surface area contributed by atoms with Crippen LogP contribution in [-0.4, -0.2) is 76.1 Å². The number of carbonyl (C=O) groups excluding carboxylic acids is 1.